The summed E-state index contributed by atoms with van der Waals surface area (Å²) in [6, 6.07) is 8.14. The Labute approximate surface area is 155 Å². The highest BCUT2D eigenvalue weighted by Gasteiger charge is 2.35. The Morgan fingerprint density at radius 2 is 1.85 bits per heavy atom. The molecule has 140 valence electrons. The van der Waals surface area contributed by atoms with Gasteiger partial charge in [0.1, 0.15) is 5.75 Å². The van der Waals surface area contributed by atoms with E-state index in [0.717, 1.165) is 31.6 Å². The number of rotatable bonds is 6. The van der Waals surface area contributed by atoms with Gasteiger partial charge >= 0.3 is 0 Å². The van der Waals surface area contributed by atoms with E-state index in [2.05, 4.69) is 26.0 Å². The molecule has 0 aromatic heterocycles. The van der Waals surface area contributed by atoms with Crippen molar-refractivity contribution in [3.8, 4) is 5.75 Å². The predicted molar refractivity (Wildman–Crippen MR) is 99.0 cm³/mol. The zero-order valence-corrected chi connectivity index (χ0v) is 15.7. The van der Waals surface area contributed by atoms with Crippen LogP contribution in [-0.4, -0.2) is 42.6 Å². The van der Waals surface area contributed by atoms with Gasteiger partial charge in [-0.15, -0.1) is 0 Å². The van der Waals surface area contributed by atoms with Crippen LogP contribution in [0.1, 0.15) is 44.6 Å². The average Bonchev–Trinajstić information content (AvgIpc) is 2.93. The first-order chi connectivity index (χ1) is 12.4. The fraction of sp³-hybridized carbons (Fsp3) is 0.524. The van der Waals surface area contributed by atoms with E-state index in [0.29, 0.717) is 12.5 Å². The third-order valence-corrected chi connectivity index (χ3v) is 5.41. The van der Waals surface area contributed by atoms with Crippen LogP contribution in [-0.2, 0) is 14.3 Å². The molecule has 0 aliphatic carbocycles. The Morgan fingerprint density at radius 1 is 1.19 bits per heavy atom. The Kier molecular flexibility index (Phi) is 5.47. The normalized spacial score (nSPS) is 23.3. The van der Waals surface area contributed by atoms with Crippen molar-refractivity contribution in [2.24, 2.45) is 5.92 Å². The number of carbonyl (C=O) groups excluding carboxylic acids is 2. The lowest BCUT2D eigenvalue weighted by atomic mass is 9.75. The van der Waals surface area contributed by atoms with E-state index in [1.165, 1.54) is 22.6 Å². The fourth-order valence-corrected chi connectivity index (χ4v) is 4.07. The summed E-state index contributed by atoms with van der Waals surface area (Å²) in [6.45, 7) is 5.44. The molecule has 3 rings (SSSR count). The van der Waals surface area contributed by atoms with E-state index >= 15 is 0 Å². The second-order valence-corrected chi connectivity index (χ2v) is 7.69. The molecule has 5 heteroatoms. The summed E-state index contributed by atoms with van der Waals surface area (Å²) < 4.78 is 11.2. The molecule has 0 bridgehead atoms. The van der Waals surface area contributed by atoms with Crippen LogP contribution in [0.2, 0.25) is 0 Å². The molecule has 2 aliphatic rings. The van der Waals surface area contributed by atoms with Gasteiger partial charge in [-0.2, -0.15) is 0 Å². The van der Waals surface area contributed by atoms with Crippen molar-refractivity contribution in [2.45, 2.75) is 44.6 Å². The molecular formula is C21H27NO4. The molecule has 1 aromatic rings. The van der Waals surface area contributed by atoms with E-state index in [9.17, 15) is 9.59 Å². The number of nitrogens with zero attached hydrogens (tertiary/aromatic N) is 1. The number of benzene rings is 1. The van der Waals surface area contributed by atoms with Crippen molar-refractivity contribution >= 4 is 11.8 Å². The molecule has 0 saturated carbocycles. The quantitative estimate of drug-likeness (QED) is 0.733. The van der Waals surface area contributed by atoms with Crippen molar-refractivity contribution in [1.82, 2.24) is 4.90 Å². The third-order valence-electron chi connectivity index (χ3n) is 5.41. The monoisotopic (exact) mass is 357 g/mol. The van der Waals surface area contributed by atoms with Gasteiger partial charge in [0.25, 0.3) is 11.8 Å². The zero-order chi connectivity index (χ0) is 18.7. The maximum absolute atomic E-state index is 11.9. The number of methoxy groups -OCH3 is 1. The van der Waals surface area contributed by atoms with E-state index in [-0.39, 0.29) is 23.3 Å². The molecule has 1 aromatic carbocycles. The van der Waals surface area contributed by atoms with Gasteiger partial charge in [0.05, 0.1) is 12.7 Å². The summed E-state index contributed by atoms with van der Waals surface area (Å²) in [6.07, 6.45) is 5.40. The summed E-state index contributed by atoms with van der Waals surface area (Å²) in [4.78, 5) is 25.1. The third kappa shape index (κ3) is 4.15. The Morgan fingerprint density at radius 3 is 2.42 bits per heavy atom. The van der Waals surface area contributed by atoms with E-state index < -0.39 is 0 Å². The molecule has 0 unspecified atom stereocenters. The number of hydrogen-bond donors (Lipinski definition) is 0. The lowest BCUT2D eigenvalue weighted by molar-refractivity contribution is -0.137. The van der Waals surface area contributed by atoms with Crippen molar-refractivity contribution in [3.63, 3.8) is 0 Å². The van der Waals surface area contributed by atoms with Gasteiger partial charge in [-0.3, -0.25) is 14.5 Å². The molecule has 2 amide bonds. The fourth-order valence-electron chi connectivity index (χ4n) is 4.07. The van der Waals surface area contributed by atoms with Gasteiger partial charge in [0.2, 0.25) is 0 Å². The molecule has 2 atom stereocenters. The maximum Gasteiger partial charge on any atom is 0.253 e. The zero-order valence-electron chi connectivity index (χ0n) is 15.7. The molecule has 0 N–H and O–H groups in total. The SMILES string of the molecule is COc1ccc([C@@H](CCN2C(=O)C=CC2=O)[C@H]2CCOC(C)(C)C2)cc1. The van der Waals surface area contributed by atoms with Gasteiger partial charge in [-0.05, 0) is 62.6 Å². The van der Waals surface area contributed by atoms with Gasteiger partial charge in [0, 0.05) is 25.3 Å². The van der Waals surface area contributed by atoms with Crippen LogP contribution in [0.15, 0.2) is 36.4 Å². The number of amides is 2. The van der Waals surface area contributed by atoms with Gasteiger partial charge in [0.15, 0.2) is 0 Å². The van der Waals surface area contributed by atoms with Crippen molar-refractivity contribution < 1.29 is 19.1 Å². The molecule has 2 heterocycles. The molecular weight excluding hydrogens is 330 g/mol. The van der Waals surface area contributed by atoms with E-state index in [1.807, 2.05) is 12.1 Å². The molecule has 0 spiro atoms. The lowest BCUT2D eigenvalue weighted by Gasteiger charge is -2.40. The first-order valence-electron chi connectivity index (χ1n) is 9.21. The van der Waals surface area contributed by atoms with Crippen LogP contribution in [0.4, 0.5) is 0 Å². The van der Waals surface area contributed by atoms with E-state index in [4.69, 9.17) is 9.47 Å². The topological polar surface area (TPSA) is 55.8 Å². The van der Waals surface area contributed by atoms with Crippen LogP contribution in [0.3, 0.4) is 0 Å². The van der Waals surface area contributed by atoms with Crippen LogP contribution in [0.25, 0.3) is 0 Å². The first-order valence-corrected chi connectivity index (χ1v) is 9.21. The largest absolute Gasteiger partial charge is 0.497 e. The highest BCUT2D eigenvalue weighted by Crippen LogP contribution is 2.40. The Bertz CT molecular complexity index is 674. The highest BCUT2D eigenvalue weighted by molar-refractivity contribution is 6.12. The molecule has 1 saturated heterocycles. The van der Waals surface area contributed by atoms with Gasteiger partial charge in [-0.1, -0.05) is 12.1 Å². The number of imide groups is 1. The predicted octanol–water partition coefficient (Wildman–Crippen LogP) is 3.30. The highest BCUT2D eigenvalue weighted by atomic mass is 16.5. The summed E-state index contributed by atoms with van der Waals surface area (Å²) >= 11 is 0. The molecule has 26 heavy (non-hydrogen) atoms. The second kappa shape index (κ2) is 7.62. The van der Waals surface area contributed by atoms with Crippen LogP contribution in [0, 0.1) is 5.92 Å². The van der Waals surface area contributed by atoms with Crippen molar-refractivity contribution in [2.75, 3.05) is 20.3 Å². The van der Waals surface area contributed by atoms with Crippen molar-refractivity contribution in [1.29, 1.82) is 0 Å². The minimum atomic E-state index is -0.212. The molecule has 0 radical (unpaired) electrons. The Hall–Kier alpha value is -2.14. The van der Waals surface area contributed by atoms with Gasteiger partial charge in [-0.25, -0.2) is 0 Å². The summed E-state index contributed by atoms with van der Waals surface area (Å²) in [5, 5.41) is 0. The van der Waals surface area contributed by atoms with Crippen LogP contribution >= 0.6 is 0 Å². The minimum Gasteiger partial charge on any atom is -0.497 e. The summed E-state index contributed by atoms with van der Waals surface area (Å²) in [7, 11) is 1.66. The van der Waals surface area contributed by atoms with Gasteiger partial charge < -0.3 is 9.47 Å². The average molecular weight is 357 g/mol. The lowest BCUT2D eigenvalue weighted by Crippen LogP contribution is -2.38. The second-order valence-electron chi connectivity index (χ2n) is 7.69. The molecule has 2 aliphatic heterocycles. The minimum absolute atomic E-state index is 0.144. The van der Waals surface area contributed by atoms with Crippen LogP contribution < -0.4 is 4.74 Å². The van der Waals surface area contributed by atoms with Crippen molar-refractivity contribution in [3.05, 3.63) is 42.0 Å². The standard InChI is InChI=1S/C21H27NO4/c1-21(2)14-16(11-13-26-21)18(15-4-6-17(25-3)7-5-15)10-12-22-19(23)8-9-20(22)24/h4-9,16,18H,10-14H2,1-3H3/t16-,18+/m0/s1. The molecule has 1 fully saturated rings. The van der Waals surface area contributed by atoms with Crippen LogP contribution in [0.5, 0.6) is 5.75 Å². The number of carbonyl (C=O) groups is 2. The Balaban J connectivity index is 1.78. The first kappa shape index (κ1) is 18.6. The summed E-state index contributed by atoms with van der Waals surface area (Å²) in [5.74, 6) is 1.12. The maximum atomic E-state index is 11.9. The smallest absolute Gasteiger partial charge is 0.253 e. The summed E-state index contributed by atoms with van der Waals surface area (Å²) in [5.41, 5.74) is 1.08. The molecule has 5 nitrogen and oxygen atoms in total. The number of hydrogen-bond acceptors (Lipinski definition) is 4. The number of ether oxygens (including phenoxy) is 2. The van der Waals surface area contributed by atoms with E-state index in [1.54, 1.807) is 7.11 Å².